The van der Waals surface area contributed by atoms with E-state index in [1.54, 1.807) is 6.07 Å². The number of benzene rings is 2. The quantitative estimate of drug-likeness (QED) is 0.823. The van der Waals surface area contributed by atoms with Crippen LogP contribution in [-0.2, 0) is 6.42 Å². The van der Waals surface area contributed by atoms with E-state index in [2.05, 4.69) is 12.2 Å². The van der Waals surface area contributed by atoms with E-state index in [-0.39, 0.29) is 5.69 Å². The van der Waals surface area contributed by atoms with Gasteiger partial charge in [0.15, 0.2) is 0 Å². The zero-order valence-electron chi connectivity index (χ0n) is 11.0. The van der Waals surface area contributed by atoms with Gasteiger partial charge in [-0.2, -0.15) is 0 Å². The molecule has 0 aliphatic carbocycles. The number of anilines is 3. The van der Waals surface area contributed by atoms with Crippen LogP contribution >= 0.6 is 0 Å². The molecule has 100 valence electrons. The first kappa shape index (κ1) is 13.2. The number of methoxy groups -OCH3 is 1. The molecule has 3 N–H and O–H groups in total. The summed E-state index contributed by atoms with van der Waals surface area (Å²) in [5, 5.41) is 3.04. The molecule has 0 spiro atoms. The molecule has 2 aromatic rings. The van der Waals surface area contributed by atoms with Crippen LogP contribution in [0, 0.1) is 5.82 Å². The van der Waals surface area contributed by atoms with Crippen LogP contribution in [-0.4, -0.2) is 7.11 Å². The van der Waals surface area contributed by atoms with Crippen molar-refractivity contribution in [1.29, 1.82) is 0 Å². The van der Waals surface area contributed by atoms with Gasteiger partial charge in [-0.1, -0.05) is 19.1 Å². The number of hydrogen-bond acceptors (Lipinski definition) is 3. The molecule has 0 fully saturated rings. The number of hydrogen-bond donors (Lipinski definition) is 2. The first-order chi connectivity index (χ1) is 9.13. The summed E-state index contributed by atoms with van der Waals surface area (Å²) in [6.07, 6.45) is 0.934. The Morgan fingerprint density at radius 3 is 2.74 bits per heavy atom. The molecule has 3 nitrogen and oxygen atoms in total. The van der Waals surface area contributed by atoms with Crippen molar-refractivity contribution in [3.8, 4) is 5.75 Å². The first-order valence-corrected chi connectivity index (χ1v) is 6.13. The molecule has 0 heterocycles. The molecule has 2 rings (SSSR count). The van der Waals surface area contributed by atoms with Crippen LogP contribution in [0.2, 0.25) is 0 Å². The third kappa shape index (κ3) is 2.96. The molecular formula is C15H17FN2O. The number of nitrogens with two attached hydrogens (primary N) is 1. The lowest BCUT2D eigenvalue weighted by molar-refractivity contribution is 0.416. The van der Waals surface area contributed by atoms with Crippen molar-refractivity contribution >= 4 is 17.1 Å². The van der Waals surface area contributed by atoms with Crippen LogP contribution < -0.4 is 15.8 Å². The first-order valence-electron chi connectivity index (χ1n) is 6.13. The van der Waals surface area contributed by atoms with Gasteiger partial charge in [-0.25, -0.2) is 4.39 Å². The van der Waals surface area contributed by atoms with Crippen LogP contribution in [0.15, 0.2) is 36.4 Å². The molecule has 0 aliphatic heterocycles. The second-order valence-corrected chi connectivity index (χ2v) is 4.25. The van der Waals surface area contributed by atoms with Crippen molar-refractivity contribution < 1.29 is 9.13 Å². The Bertz CT molecular complexity index is 584. The van der Waals surface area contributed by atoms with Gasteiger partial charge in [-0.3, -0.25) is 0 Å². The van der Waals surface area contributed by atoms with Gasteiger partial charge in [0.1, 0.15) is 11.6 Å². The number of ether oxygens (including phenoxy) is 1. The van der Waals surface area contributed by atoms with E-state index in [9.17, 15) is 4.39 Å². The molecule has 4 heteroatoms. The van der Waals surface area contributed by atoms with E-state index >= 15 is 0 Å². The number of aryl methyl sites for hydroxylation is 1. The van der Waals surface area contributed by atoms with E-state index in [1.807, 2.05) is 24.3 Å². The summed E-state index contributed by atoms with van der Waals surface area (Å²) in [4.78, 5) is 0. The lowest BCUT2D eigenvalue weighted by Gasteiger charge is -2.12. The number of nitrogens with one attached hydrogen (secondary N) is 1. The molecule has 0 saturated heterocycles. The average molecular weight is 260 g/mol. The van der Waals surface area contributed by atoms with Gasteiger partial charge < -0.3 is 15.8 Å². The summed E-state index contributed by atoms with van der Waals surface area (Å²) in [6.45, 7) is 2.08. The van der Waals surface area contributed by atoms with Crippen molar-refractivity contribution in [2.45, 2.75) is 13.3 Å². The molecular weight excluding hydrogens is 243 g/mol. The average Bonchev–Trinajstić information content (AvgIpc) is 2.42. The number of rotatable bonds is 4. The van der Waals surface area contributed by atoms with Gasteiger partial charge in [-0.15, -0.1) is 0 Å². The lowest BCUT2D eigenvalue weighted by Crippen LogP contribution is -1.99. The Hall–Kier alpha value is -2.23. The Labute approximate surface area is 112 Å². The van der Waals surface area contributed by atoms with Gasteiger partial charge in [0.05, 0.1) is 18.5 Å². The Kier molecular flexibility index (Phi) is 3.90. The Morgan fingerprint density at radius 2 is 2.05 bits per heavy atom. The molecule has 0 radical (unpaired) electrons. The summed E-state index contributed by atoms with van der Waals surface area (Å²) < 4.78 is 18.9. The highest BCUT2D eigenvalue weighted by atomic mass is 19.1. The molecule has 0 saturated carbocycles. The van der Waals surface area contributed by atoms with Gasteiger partial charge in [0.25, 0.3) is 0 Å². The van der Waals surface area contributed by atoms with E-state index in [0.717, 1.165) is 12.1 Å². The Morgan fingerprint density at radius 1 is 1.26 bits per heavy atom. The standard InChI is InChI=1S/C15H17FN2O/c1-3-10-5-4-6-11(7-10)18-14-9-15(19-2)13(17)8-12(14)16/h4-9,18H,3,17H2,1-2H3. The topological polar surface area (TPSA) is 47.3 Å². The minimum atomic E-state index is -0.403. The maximum Gasteiger partial charge on any atom is 0.148 e. The predicted octanol–water partition coefficient (Wildman–Crippen LogP) is 3.72. The minimum absolute atomic E-state index is 0.285. The third-order valence-electron chi connectivity index (χ3n) is 2.93. The van der Waals surface area contributed by atoms with E-state index < -0.39 is 5.82 Å². The minimum Gasteiger partial charge on any atom is -0.495 e. The fraction of sp³-hybridized carbons (Fsp3) is 0.200. The third-order valence-corrected chi connectivity index (χ3v) is 2.93. The van der Waals surface area contributed by atoms with Crippen molar-refractivity contribution in [3.63, 3.8) is 0 Å². The van der Waals surface area contributed by atoms with Crippen molar-refractivity contribution in [2.75, 3.05) is 18.2 Å². The van der Waals surface area contributed by atoms with Gasteiger partial charge in [0.2, 0.25) is 0 Å². The molecule has 0 unspecified atom stereocenters. The predicted molar refractivity (Wildman–Crippen MR) is 76.5 cm³/mol. The molecule has 0 aliphatic rings. The van der Waals surface area contributed by atoms with Crippen LogP contribution in [0.1, 0.15) is 12.5 Å². The molecule has 0 bridgehead atoms. The van der Waals surface area contributed by atoms with Crippen LogP contribution in [0.5, 0.6) is 5.75 Å². The second kappa shape index (κ2) is 5.61. The van der Waals surface area contributed by atoms with Crippen molar-refractivity contribution in [1.82, 2.24) is 0 Å². The van der Waals surface area contributed by atoms with E-state index in [4.69, 9.17) is 10.5 Å². The van der Waals surface area contributed by atoms with Crippen molar-refractivity contribution in [2.24, 2.45) is 0 Å². The van der Waals surface area contributed by atoms with Crippen LogP contribution in [0.3, 0.4) is 0 Å². The molecule has 0 atom stereocenters. The number of halogens is 1. The maximum absolute atomic E-state index is 13.8. The van der Waals surface area contributed by atoms with Gasteiger partial charge >= 0.3 is 0 Å². The van der Waals surface area contributed by atoms with E-state index in [1.165, 1.54) is 18.7 Å². The summed E-state index contributed by atoms with van der Waals surface area (Å²) >= 11 is 0. The maximum atomic E-state index is 13.8. The zero-order chi connectivity index (χ0) is 13.8. The fourth-order valence-electron chi connectivity index (χ4n) is 1.87. The smallest absolute Gasteiger partial charge is 0.148 e. The molecule has 2 aromatic carbocycles. The fourth-order valence-corrected chi connectivity index (χ4v) is 1.87. The second-order valence-electron chi connectivity index (χ2n) is 4.25. The normalized spacial score (nSPS) is 10.3. The van der Waals surface area contributed by atoms with Crippen molar-refractivity contribution in [3.05, 3.63) is 47.8 Å². The largest absolute Gasteiger partial charge is 0.495 e. The number of nitrogen functional groups attached to an aromatic ring is 1. The molecule has 0 amide bonds. The Balaban J connectivity index is 2.32. The van der Waals surface area contributed by atoms with Gasteiger partial charge in [0, 0.05) is 17.8 Å². The monoisotopic (exact) mass is 260 g/mol. The van der Waals surface area contributed by atoms with Crippen LogP contribution in [0.4, 0.5) is 21.5 Å². The summed E-state index contributed by atoms with van der Waals surface area (Å²) in [5.41, 5.74) is 8.30. The highest BCUT2D eigenvalue weighted by Crippen LogP contribution is 2.30. The van der Waals surface area contributed by atoms with E-state index in [0.29, 0.717) is 11.4 Å². The molecule has 19 heavy (non-hydrogen) atoms. The zero-order valence-corrected chi connectivity index (χ0v) is 11.0. The lowest BCUT2D eigenvalue weighted by atomic mass is 10.1. The highest BCUT2D eigenvalue weighted by Gasteiger charge is 2.08. The summed E-state index contributed by atoms with van der Waals surface area (Å²) in [7, 11) is 1.51. The van der Waals surface area contributed by atoms with Crippen LogP contribution in [0.25, 0.3) is 0 Å². The highest BCUT2D eigenvalue weighted by molar-refractivity contribution is 5.67. The van der Waals surface area contributed by atoms with Gasteiger partial charge in [-0.05, 0) is 24.1 Å². The molecule has 0 aromatic heterocycles. The summed E-state index contributed by atoms with van der Waals surface area (Å²) in [5.74, 6) is 0.0516. The summed E-state index contributed by atoms with van der Waals surface area (Å²) in [6, 6.07) is 10.7. The SMILES string of the molecule is CCc1cccc(Nc2cc(OC)c(N)cc2F)c1.